The Morgan fingerprint density at radius 2 is 1.90 bits per heavy atom. The maximum atomic E-state index is 12.8. The minimum Gasteiger partial charge on any atom is -0.347 e. The molecule has 7 heteroatoms. The summed E-state index contributed by atoms with van der Waals surface area (Å²) in [4.78, 5) is 28.7. The first-order valence-corrected chi connectivity index (χ1v) is 6.04. The Hall–Kier alpha value is -2.15. The number of carbonyl (C=O) groups is 2. The van der Waals surface area contributed by atoms with Crippen LogP contribution >= 0.6 is 0 Å². The third kappa shape index (κ3) is 5.23. The van der Waals surface area contributed by atoms with Crippen molar-refractivity contribution in [3.63, 3.8) is 0 Å². The molecule has 0 saturated carbocycles. The molecule has 0 heterocycles. The summed E-state index contributed by atoms with van der Waals surface area (Å²) in [6, 6.07) is 5.10. The molecule has 0 saturated heterocycles. The number of halogens is 1. The topological polar surface area (TPSA) is 70.7 Å². The number of nitrogens with zero attached hydrogens (tertiary/aromatic N) is 1. The summed E-state index contributed by atoms with van der Waals surface area (Å²) >= 11 is 0. The number of hydrogen-bond acceptors (Lipinski definition) is 3. The molecular weight excluding hydrogens is 265 g/mol. The van der Waals surface area contributed by atoms with Crippen LogP contribution in [0.3, 0.4) is 0 Å². The van der Waals surface area contributed by atoms with Gasteiger partial charge in [0.1, 0.15) is 5.82 Å². The van der Waals surface area contributed by atoms with Crippen LogP contribution in [0.2, 0.25) is 0 Å². The number of benzene rings is 1. The van der Waals surface area contributed by atoms with Gasteiger partial charge < -0.3 is 10.2 Å². The number of amides is 3. The standard InChI is InChI=1S/C13H18FN3O3/c1-9(10-4-6-11(14)7-5-10)15-12(18)8-20-16-13(19)17(2)3/h4-7,9H,8H2,1-3H3,(H,15,18)(H,16,19)/t9-/m1/s1. The molecule has 1 aromatic rings. The Labute approximate surface area is 116 Å². The average Bonchev–Trinajstić information content (AvgIpc) is 2.39. The summed E-state index contributed by atoms with van der Waals surface area (Å²) in [7, 11) is 3.10. The Balaban J connectivity index is 2.35. The van der Waals surface area contributed by atoms with Crippen molar-refractivity contribution in [2.75, 3.05) is 20.7 Å². The van der Waals surface area contributed by atoms with E-state index in [1.165, 1.54) is 17.0 Å². The first-order valence-electron chi connectivity index (χ1n) is 6.04. The lowest BCUT2D eigenvalue weighted by Crippen LogP contribution is -2.38. The van der Waals surface area contributed by atoms with Gasteiger partial charge in [0.2, 0.25) is 5.91 Å². The lowest BCUT2D eigenvalue weighted by atomic mass is 10.1. The molecule has 0 bridgehead atoms. The summed E-state index contributed by atoms with van der Waals surface area (Å²) < 4.78 is 12.8. The second kappa shape index (κ2) is 7.44. The third-order valence-corrected chi connectivity index (χ3v) is 2.52. The van der Waals surface area contributed by atoms with Crippen molar-refractivity contribution in [3.8, 4) is 0 Å². The van der Waals surface area contributed by atoms with Crippen LogP contribution in [-0.2, 0) is 9.63 Å². The summed E-state index contributed by atoms with van der Waals surface area (Å²) in [5, 5.41) is 2.67. The Morgan fingerprint density at radius 1 is 1.30 bits per heavy atom. The zero-order chi connectivity index (χ0) is 15.1. The minimum atomic E-state index is -0.454. The van der Waals surface area contributed by atoms with Gasteiger partial charge in [-0.1, -0.05) is 12.1 Å². The van der Waals surface area contributed by atoms with E-state index >= 15 is 0 Å². The SMILES string of the molecule is C[C@@H](NC(=O)CONC(=O)N(C)C)c1ccc(F)cc1. The Morgan fingerprint density at radius 3 is 2.45 bits per heavy atom. The highest BCUT2D eigenvalue weighted by Gasteiger charge is 2.10. The van der Waals surface area contributed by atoms with Crippen LogP contribution in [0.5, 0.6) is 0 Å². The van der Waals surface area contributed by atoms with E-state index in [1.54, 1.807) is 33.2 Å². The summed E-state index contributed by atoms with van der Waals surface area (Å²) in [5.41, 5.74) is 2.89. The maximum Gasteiger partial charge on any atom is 0.340 e. The molecule has 0 spiro atoms. The molecule has 0 fully saturated rings. The Kier molecular flexibility index (Phi) is 5.92. The van der Waals surface area contributed by atoms with Crippen LogP contribution in [0.15, 0.2) is 24.3 Å². The van der Waals surface area contributed by atoms with Crippen molar-refractivity contribution < 1.29 is 18.8 Å². The second-order valence-electron chi connectivity index (χ2n) is 4.43. The monoisotopic (exact) mass is 283 g/mol. The van der Waals surface area contributed by atoms with Gasteiger partial charge >= 0.3 is 6.03 Å². The molecule has 0 aliphatic heterocycles. The van der Waals surface area contributed by atoms with Gasteiger partial charge in [0.15, 0.2) is 6.61 Å². The third-order valence-electron chi connectivity index (χ3n) is 2.52. The quantitative estimate of drug-likeness (QED) is 0.798. The van der Waals surface area contributed by atoms with E-state index in [2.05, 4.69) is 10.8 Å². The smallest absolute Gasteiger partial charge is 0.340 e. The molecule has 0 radical (unpaired) electrons. The van der Waals surface area contributed by atoms with E-state index in [1.807, 2.05) is 0 Å². The molecule has 20 heavy (non-hydrogen) atoms. The summed E-state index contributed by atoms with van der Waals surface area (Å²) in [6.07, 6.45) is 0. The van der Waals surface area contributed by atoms with Crippen LogP contribution in [0.25, 0.3) is 0 Å². The number of nitrogens with one attached hydrogen (secondary N) is 2. The Bertz CT molecular complexity index is 462. The van der Waals surface area contributed by atoms with Crippen molar-refractivity contribution in [1.29, 1.82) is 0 Å². The zero-order valence-electron chi connectivity index (χ0n) is 11.6. The molecular formula is C13H18FN3O3. The lowest BCUT2D eigenvalue weighted by Gasteiger charge is -2.15. The van der Waals surface area contributed by atoms with E-state index < -0.39 is 6.03 Å². The van der Waals surface area contributed by atoms with Gasteiger partial charge in [-0.25, -0.2) is 14.7 Å². The number of hydroxylamine groups is 1. The van der Waals surface area contributed by atoms with E-state index in [0.29, 0.717) is 0 Å². The van der Waals surface area contributed by atoms with Gasteiger partial charge in [-0.15, -0.1) is 0 Å². The molecule has 110 valence electrons. The number of urea groups is 1. The van der Waals surface area contributed by atoms with Crippen LogP contribution in [0.1, 0.15) is 18.5 Å². The lowest BCUT2D eigenvalue weighted by molar-refractivity contribution is -0.128. The largest absolute Gasteiger partial charge is 0.347 e. The van der Waals surface area contributed by atoms with E-state index in [9.17, 15) is 14.0 Å². The number of carbonyl (C=O) groups excluding carboxylic acids is 2. The van der Waals surface area contributed by atoms with Crippen molar-refractivity contribution in [1.82, 2.24) is 15.7 Å². The molecule has 0 aromatic heterocycles. The van der Waals surface area contributed by atoms with E-state index in [4.69, 9.17) is 4.84 Å². The fraction of sp³-hybridized carbons (Fsp3) is 0.385. The highest BCUT2D eigenvalue weighted by Crippen LogP contribution is 2.12. The predicted molar refractivity (Wildman–Crippen MR) is 71.1 cm³/mol. The molecule has 0 aliphatic rings. The molecule has 1 rings (SSSR count). The molecule has 3 amide bonds. The fourth-order valence-electron chi connectivity index (χ4n) is 1.37. The van der Waals surface area contributed by atoms with Gasteiger partial charge in [-0.2, -0.15) is 0 Å². The normalized spacial score (nSPS) is 11.6. The van der Waals surface area contributed by atoms with Gasteiger partial charge in [0.25, 0.3) is 0 Å². The minimum absolute atomic E-state index is 0.281. The van der Waals surface area contributed by atoms with Crippen LogP contribution in [0.4, 0.5) is 9.18 Å². The highest BCUT2D eigenvalue weighted by molar-refractivity contribution is 5.78. The van der Waals surface area contributed by atoms with E-state index in [-0.39, 0.29) is 24.4 Å². The second-order valence-corrected chi connectivity index (χ2v) is 4.43. The zero-order valence-corrected chi connectivity index (χ0v) is 11.6. The number of rotatable bonds is 5. The fourth-order valence-corrected chi connectivity index (χ4v) is 1.37. The van der Waals surface area contributed by atoms with Crippen molar-refractivity contribution in [2.45, 2.75) is 13.0 Å². The van der Waals surface area contributed by atoms with Gasteiger partial charge in [-0.3, -0.25) is 9.63 Å². The summed E-state index contributed by atoms with van der Waals surface area (Å²) in [5.74, 6) is -0.720. The molecule has 1 atom stereocenters. The van der Waals surface area contributed by atoms with Crippen molar-refractivity contribution in [3.05, 3.63) is 35.6 Å². The van der Waals surface area contributed by atoms with Crippen molar-refractivity contribution in [2.24, 2.45) is 0 Å². The molecule has 0 aliphatic carbocycles. The first-order chi connectivity index (χ1) is 9.40. The molecule has 1 aromatic carbocycles. The van der Waals surface area contributed by atoms with E-state index in [0.717, 1.165) is 5.56 Å². The van der Waals surface area contributed by atoms with Crippen LogP contribution in [-0.4, -0.2) is 37.5 Å². The molecule has 0 unspecified atom stereocenters. The average molecular weight is 283 g/mol. The molecule has 2 N–H and O–H groups in total. The van der Waals surface area contributed by atoms with Crippen LogP contribution < -0.4 is 10.8 Å². The number of hydrogen-bond donors (Lipinski definition) is 2. The predicted octanol–water partition coefficient (Wildman–Crippen LogP) is 1.21. The first kappa shape index (κ1) is 15.9. The van der Waals surface area contributed by atoms with Crippen LogP contribution in [0, 0.1) is 5.82 Å². The summed E-state index contributed by atoms with van der Waals surface area (Å²) in [6.45, 7) is 1.47. The van der Waals surface area contributed by atoms with Gasteiger partial charge in [0, 0.05) is 14.1 Å². The van der Waals surface area contributed by atoms with Gasteiger partial charge in [-0.05, 0) is 24.6 Å². The van der Waals surface area contributed by atoms with Gasteiger partial charge in [0.05, 0.1) is 6.04 Å². The maximum absolute atomic E-state index is 12.8. The van der Waals surface area contributed by atoms with Crippen molar-refractivity contribution >= 4 is 11.9 Å². The highest BCUT2D eigenvalue weighted by atomic mass is 19.1. The molecule has 6 nitrogen and oxygen atoms in total.